The maximum atomic E-state index is 8.92. The largest absolute Gasteiger partial charge is 0.212 e. The van der Waals surface area contributed by atoms with E-state index < -0.39 is 54.0 Å². The molecule has 0 fully saturated rings. The second-order valence-corrected chi connectivity index (χ2v) is 38.6. The van der Waals surface area contributed by atoms with Gasteiger partial charge in [-0.15, -0.1) is 0 Å². The van der Waals surface area contributed by atoms with Gasteiger partial charge < -0.3 is 0 Å². The van der Waals surface area contributed by atoms with Gasteiger partial charge in [0.05, 0.1) is 0 Å². The van der Waals surface area contributed by atoms with Crippen LogP contribution in [0.3, 0.4) is 0 Å². The lowest BCUT2D eigenvalue weighted by Crippen LogP contribution is -2.33. The highest BCUT2D eigenvalue weighted by Gasteiger charge is 2.28. The van der Waals surface area contributed by atoms with Gasteiger partial charge in [-0.3, -0.25) is 0 Å². The maximum Gasteiger partial charge on any atom is 0.212 e. The zero-order valence-electron chi connectivity index (χ0n) is 85.1. The van der Waals surface area contributed by atoms with E-state index in [-0.39, 0.29) is 5.41 Å². The quantitative estimate of drug-likeness (QED) is 0.109. The molecule has 0 bridgehead atoms. The van der Waals surface area contributed by atoms with Crippen LogP contribution in [-0.2, 0) is 80.0 Å². The van der Waals surface area contributed by atoms with E-state index in [4.69, 9.17) is 15.1 Å². The molecule has 0 amide bonds. The van der Waals surface area contributed by atoms with Crippen molar-refractivity contribution in [3.8, 4) is 56.3 Å². The molecular formula is C104H148N5+5. The molecule has 5 heterocycles. The summed E-state index contributed by atoms with van der Waals surface area (Å²) in [5, 5.41) is 0. The zero-order chi connectivity index (χ0) is 91.5. The number of aromatic nitrogens is 5. The Kier molecular flexibility index (Phi) is 24.9. The minimum atomic E-state index is -2.12. The van der Waals surface area contributed by atoms with Crippen LogP contribution in [0.25, 0.3) is 56.3 Å². The van der Waals surface area contributed by atoms with Crippen molar-refractivity contribution in [1.29, 1.82) is 0 Å². The summed E-state index contributed by atoms with van der Waals surface area (Å²) in [6.45, 7) is 58.0. The minimum absolute atomic E-state index is 0.287. The van der Waals surface area contributed by atoms with E-state index in [2.05, 4.69) is 204 Å². The third-order valence-electron chi connectivity index (χ3n) is 18.7. The van der Waals surface area contributed by atoms with Crippen LogP contribution in [0.4, 0.5) is 0 Å². The highest BCUT2D eigenvalue weighted by molar-refractivity contribution is 5.66. The molecule has 109 heavy (non-hydrogen) atoms. The topological polar surface area (TPSA) is 19.4 Å². The minimum Gasteiger partial charge on any atom is -0.201 e. The van der Waals surface area contributed by atoms with E-state index >= 15 is 0 Å². The number of rotatable bonds is 12. The van der Waals surface area contributed by atoms with Gasteiger partial charge in [-0.2, -0.15) is 0 Å². The second-order valence-electron chi connectivity index (χ2n) is 38.6. The molecule has 10 aromatic rings. The van der Waals surface area contributed by atoms with E-state index in [1.54, 1.807) is 18.3 Å². The summed E-state index contributed by atoms with van der Waals surface area (Å²) in [5.74, 6) is 0. The molecule has 10 rings (SSSR count). The Labute approximate surface area is 681 Å². The van der Waals surface area contributed by atoms with E-state index in [0.29, 0.717) is 33.1 Å². The highest BCUT2D eigenvalue weighted by Crippen LogP contribution is 2.35. The standard InChI is InChI=1S/2C23H34N.C20H28N.2C19H26N/c2*1-17-11-9-10-12-20(17)21-13-18(14-22(2,3)4)19(16-24(21)8)15-23(5,6)7;1-14-8-9-18(16(3)10-14)19-11-15(2)17(13-21(19)7)12-20(4,5)6;2*1-14-9-7-8-10-17(14)18-11-15(2)16(13-20(18)6)12-19(3,4)5/h2*9-13,16H,14-15H2,1-8H3;8-11,13H,12H2,1-7H3;2*7-11,13H,12H2,1-6H3/q5*+1/i14D2,15D2;;1D3,12D2;12D2;. The molecule has 0 radical (unpaired) electrons. The Morgan fingerprint density at radius 3 is 0.798 bits per heavy atom. The van der Waals surface area contributed by atoms with Crippen molar-refractivity contribution in [2.45, 2.75) is 252 Å². The van der Waals surface area contributed by atoms with Crippen molar-refractivity contribution in [2.24, 2.45) is 73.1 Å². The average Bonchev–Trinajstić information content (AvgIpc) is 0.733. The highest BCUT2D eigenvalue weighted by atomic mass is 14.9. The lowest BCUT2D eigenvalue weighted by molar-refractivity contribution is -0.661. The van der Waals surface area contributed by atoms with Gasteiger partial charge in [0.25, 0.3) is 0 Å². The van der Waals surface area contributed by atoms with Crippen LogP contribution in [-0.4, -0.2) is 0 Å². The van der Waals surface area contributed by atoms with Crippen LogP contribution in [0, 0.1) is 100 Å². The van der Waals surface area contributed by atoms with Gasteiger partial charge in [-0.25, -0.2) is 22.8 Å². The van der Waals surface area contributed by atoms with Gasteiger partial charge >= 0.3 is 0 Å². The smallest absolute Gasteiger partial charge is 0.201 e. The summed E-state index contributed by atoms with van der Waals surface area (Å²) in [4.78, 5) is 0. The molecule has 0 spiro atoms. The van der Waals surface area contributed by atoms with Crippen LogP contribution in [0.1, 0.15) is 249 Å². The molecule has 584 valence electrons. The van der Waals surface area contributed by atoms with E-state index in [0.717, 1.165) is 75.3 Å². The maximum absolute atomic E-state index is 8.92. The lowest BCUT2D eigenvalue weighted by Gasteiger charge is -2.24. The SMILES string of the molecule is Cc1cc(-c2ccccc2C)[n+](C)cc1CC(C)(C)C.Cc1ccccc1-c1cc(CC(C)(C)C)c(CC(C)(C)C)c[n+]1C.[2H]C([2H])([2H])c1ccc(-c2cc(C)c(C([2H])([2H])C(C)(C)C)c[n+]2C)c(C)c1.[2H]C([2H])(c1c[n+](C)c(-c2ccccc2C)cc1C)C(C)(C)C.[2H]C([2H])(c1cc(-c2ccccc2C)[n+](C)cc1C([2H])([2H])C(C)(C)C)C(C)(C)C. The summed E-state index contributed by atoms with van der Waals surface area (Å²) in [6, 6.07) is 49.5. The molecule has 0 N–H and O–H groups in total. The molecule has 0 atom stereocenters. The summed E-state index contributed by atoms with van der Waals surface area (Å²) >= 11 is 0. The first-order chi connectivity index (χ1) is 54.5. The second kappa shape index (κ2) is 36.8. The fourth-order valence-electron chi connectivity index (χ4n) is 13.7. The van der Waals surface area contributed by atoms with Crippen LogP contribution >= 0.6 is 0 Å². The van der Waals surface area contributed by atoms with Crippen molar-refractivity contribution < 1.29 is 37.9 Å². The summed E-state index contributed by atoms with van der Waals surface area (Å²) in [7, 11) is 10.1. The fraction of sp³-hybridized carbons (Fsp3) is 0.471. The molecule has 0 aliphatic carbocycles. The van der Waals surface area contributed by atoms with Crippen LogP contribution in [0.15, 0.2) is 177 Å². The lowest BCUT2D eigenvalue weighted by atomic mass is 9.81. The Balaban J connectivity index is 0.000000233. The normalized spacial score (nSPS) is 14.2. The third-order valence-corrected chi connectivity index (χ3v) is 18.7. The molecule has 0 saturated carbocycles. The predicted octanol–water partition coefficient (Wildman–Crippen LogP) is 24.8. The van der Waals surface area contributed by atoms with E-state index in [9.17, 15) is 0 Å². The van der Waals surface area contributed by atoms with Crippen molar-refractivity contribution in [1.82, 2.24) is 0 Å². The van der Waals surface area contributed by atoms with Crippen molar-refractivity contribution >= 4 is 0 Å². The Morgan fingerprint density at radius 1 is 0.239 bits per heavy atom. The van der Waals surface area contributed by atoms with E-state index in [1.807, 2.05) is 213 Å². The Bertz CT molecular complexity index is 5240. The average molecular weight is 1480 g/mol. The third kappa shape index (κ3) is 28.3. The van der Waals surface area contributed by atoms with Gasteiger partial charge in [0.2, 0.25) is 28.5 Å². The monoisotopic (exact) mass is 1480 g/mol. The van der Waals surface area contributed by atoms with Gasteiger partial charge in [0, 0.05) is 101 Å². The Morgan fingerprint density at radius 2 is 0.486 bits per heavy atom. The van der Waals surface area contributed by atoms with Gasteiger partial charge in [0.15, 0.2) is 31.0 Å². The molecule has 5 aromatic carbocycles. The molecule has 0 unspecified atom stereocenters. The molecule has 5 nitrogen and oxygen atoms in total. The van der Waals surface area contributed by atoms with Crippen LogP contribution < -0.4 is 22.8 Å². The Hall–Kier alpha value is -8.15. The summed E-state index contributed by atoms with van der Waals surface area (Å²) in [5.41, 5.74) is 26.1. The molecule has 0 aliphatic heterocycles. The molecule has 0 saturated heterocycles. The summed E-state index contributed by atoms with van der Waals surface area (Å²) < 4.78 is 103. The number of benzene rings is 5. The van der Waals surface area contributed by atoms with Gasteiger partial charge in [-0.1, -0.05) is 236 Å². The molecule has 5 aromatic heterocycles. The van der Waals surface area contributed by atoms with Crippen LogP contribution in [0.2, 0.25) is 0 Å². The first-order valence-corrected chi connectivity index (χ1v) is 39.4. The van der Waals surface area contributed by atoms with Crippen molar-refractivity contribution in [3.05, 3.63) is 266 Å². The number of hydrogen-bond acceptors (Lipinski definition) is 0. The number of hydrogen-bond donors (Lipinski definition) is 0. The van der Waals surface area contributed by atoms with Crippen LogP contribution in [0.5, 0.6) is 0 Å². The molecule has 5 heteroatoms. The fourth-order valence-corrected chi connectivity index (χ4v) is 13.7. The first kappa shape index (κ1) is 73.6. The zero-order valence-corrected chi connectivity index (χ0v) is 74.1. The predicted molar refractivity (Wildman–Crippen MR) is 470 cm³/mol. The number of nitrogens with zero attached hydrogens (tertiary/aromatic N) is 5. The number of aryl methyl sites for hydroxylation is 14. The summed E-state index contributed by atoms with van der Waals surface area (Å²) in [6.07, 6.45) is 7.33. The van der Waals surface area contributed by atoms with E-state index in [1.165, 1.54) is 67.0 Å². The van der Waals surface area contributed by atoms with Gasteiger partial charge in [0.1, 0.15) is 35.2 Å². The molecule has 0 aliphatic rings. The molecular weight excluding hydrogens is 1320 g/mol. The first-order valence-electron chi connectivity index (χ1n) is 44.9. The van der Waals surface area contributed by atoms with Crippen molar-refractivity contribution in [3.63, 3.8) is 0 Å². The van der Waals surface area contributed by atoms with Gasteiger partial charge in [-0.05, 0) is 231 Å². The van der Waals surface area contributed by atoms with Crippen molar-refractivity contribution in [2.75, 3.05) is 0 Å². The number of pyridine rings is 5.